The molecular weight excluding hydrogens is 242 g/mol. The number of hydrogen-bond acceptors (Lipinski definition) is 3. The SMILES string of the molecule is CC(C)n1ccc(C(=O)N(C)C[C@@H]2CCCCO2)n1. The van der Waals surface area contributed by atoms with E-state index >= 15 is 0 Å². The van der Waals surface area contributed by atoms with Crippen LogP contribution in [0.5, 0.6) is 0 Å². The van der Waals surface area contributed by atoms with E-state index in [-0.39, 0.29) is 18.1 Å². The van der Waals surface area contributed by atoms with Crippen molar-refractivity contribution in [3.63, 3.8) is 0 Å². The molecule has 5 nitrogen and oxygen atoms in total. The van der Waals surface area contributed by atoms with Gasteiger partial charge >= 0.3 is 0 Å². The fraction of sp³-hybridized carbons (Fsp3) is 0.714. The molecule has 0 unspecified atom stereocenters. The third kappa shape index (κ3) is 3.56. The van der Waals surface area contributed by atoms with Crippen LogP contribution in [0.3, 0.4) is 0 Å². The van der Waals surface area contributed by atoms with Gasteiger partial charge in [-0.15, -0.1) is 0 Å². The minimum absolute atomic E-state index is 0.0337. The van der Waals surface area contributed by atoms with Crippen LogP contribution in [0.25, 0.3) is 0 Å². The first-order valence-corrected chi connectivity index (χ1v) is 7.00. The lowest BCUT2D eigenvalue weighted by Gasteiger charge is -2.27. The van der Waals surface area contributed by atoms with E-state index in [1.54, 1.807) is 15.6 Å². The van der Waals surface area contributed by atoms with Crippen molar-refractivity contribution >= 4 is 5.91 Å². The summed E-state index contributed by atoms with van der Waals surface area (Å²) in [5.74, 6) is -0.0337. The Morgan fingerprint density at radius 1 is 1.58 bits per heavy atom. The van der Waals surface area contributed by atoms with E-state index in [4.69, 9.17) is 4.74 Å². The molecule has 0 spiro atoms. The van der Waals surface area contributed by atoms with Gasteiger partial charge in [0.15, 0.2) is 0 Å². The van der Waals surface area contributed by atoms with Gasteiger partial charge in [0.05, 0.1) is 6.10 Å². The van der Waals surface area contributed by atoms with Crippen LogP contribution in [0.1, 0.15) is 49.6 Å². The highest BCUT2D eigenvalue weighted by Gasteiger charge is 2.21. The molecule has 1 aromatic heterocycles. The van der Waals surface area contributed by atoms with E-state index in [1.807, 2.05) is 27.1 Å². The number of hydrogen-bond donors (Lipinski definition) is 0. The molecule has 0 N–H and O–H groups in total. The Morgan fingerprint density at radius 2 is 2.37 bits per heavy atom. The van der Waals surface area contributed by atoms with Crippen molar-refractivity contribution in [2.24, 2.45) is 0 Å². The molecular formula is C14H23N3O2. The summed E-state index contributed by atoms with van der Waals surface area (Å²) >= 11 is 0. The van der Waals surface area contributed by atoms with Crippen LogP contribution in [0.15, 0.2) is 12.3 Å². The molecule has 0 saturated carbocycles. The van der Waals surface area contributed by atoms with Crippen molar-refractivity contribution in [3.05, 3.63) is 18.0 Å². The number of rotatable bonds is 4. The Hall–Kier alpha value is -1.36. The Labute approximate surface area is 114 Å². The van der Waals surface area contributed by atoms with Gasteiger partial charge in [-0.2, -0.15) is 5.10 Å². The number of carbonyl (C=O) groups excluding carboxylic acids is 1. The Kier molecular flexibility index (Phi) is 4.58. The number of likely N-dealkylation sites (N-methyl/N-ethyl adjacent to an activating group) is 1. The lowest BCUT2D eigenvalue weighted by atomic mass is 10.1. The molecule has 0 aliphatic carbocycles. The van der Waals surface area contributed by atoms with Crippen molar-refractivity contribution < 1.29 is 9.53 Å². The maximum absolute atomic E-state index is 12.2. The topological polar surface area (TPSA) is 47.4 Å². The molecule has 2 heterocycles. The van der Waals surface area contributed by atoms with Gasteiger partial charge in [0.2, 0.25) is 0 Å². The van der Waals surface area contributed by atoms with Crippen LogP contribution in [0.4, 0.5) is 0 Å². The predicted molar refractivity (Wildman–Crippen MR) is 73.2 cm³/mol. The number of amides is 1. The molecule has 0 aromatic carbocycles. The Bertz CT molecular complexity index is 422. The van der Waals surface area contributed by atoms with Crippen LogP contribution >= 0.6 is 0 Å². The molecule has 19 heavy (non-hydrogen) atoms. The van der Waals surface area contributed by atoms with E-state index in [2.05, 4.69) is 5.10 Å². The molecule has 1 aliphatic rings. The first-order valence-electron chi connectivity index (χ1n) is 7.00. The summed E-state index contributed by atoms with van der Waals surface area (Å²) in [6.07, 6.45) is 5.39. The third-order valence-corrected chi connectivity index (χ3v) is 3.45. The summed E-state index contributed by atoms with van der Waals surface area (Å²) in [6.45, 7) is 5.55. The smallest absolute Gasteiger partial charge is 0.274 e. The van der Waals surface area contributed by atoms with E-state index in [1.165, 1.54) is 6.42 Å². The average molecular weight is 265 g/mol. The second kappa shape index (κ2) is 6.19. The molecule has 1 aliphatic heterocycles. The fourth-order valence-electron chi connectivity index (χ4n) is 2.28. The number of ether oxygens (including phenoxy) is 1. The Balaban J connectivity index is 1.93. The molecule has 2 rings (SSSR count). The predicted octanol–water partition coefficient (Wildman–Crippen LogP) is 2.11. The van der Waals surface area contributed by atoms with Crippen molar-refractivity contribution in [2.45, 2.75) is 45.3 Å². The first-order chi connectivity index (χ1) is 9.08. The van der Waals surface area contributed by atoms with Crippen LogP contribution in [-0.4, -0.2) is 46.9 Å². The van der Waals surface area contributed by atoms with E-state index in [0.717, 1.165) is 19.4 Å². The summed E-state index contributed by atoms with van der Waals surface area (Å²) in [6, 6.07) is 2.05. The van der Waals surface area contributed by atoms with Crippen molar-refractivity contribution in [3.8, 4) is 0 Å². The van der Waals surface area contributed by atoms with E-state index < -0.39 is 0 Å². The normalized spacial score (nSPS) is 19.7. The average Bonchev–Trinajstić information content (AvgIpc) is 2.88. The summed E-state index contributed by atoms with van der Waals surface area (Å²) in [5.41, 5.74) is 0.506. The molecule has 0 bridgehead atoms. The zero-order valence-electron chi connectivity index (χ0n) is 12.0. The molecule has 0 radical (unpaired) electrons. The highest BCUT2D eigenvalue weighted by atomic mass is 16.5. The molecule has 1 fully saturated rings. The van der Waals surface area contributed by atoms with Gasteiger partial charge in [0, 0.05) is 32.4 Å². The molecule has 106 valence electrons. The number of aromatic nitrogens is 2. The van der Waals surface area contributed by atoms with Crippen molar-refractivity contribution in [1.82, 2.24) is 14.7 Å². The van der Waals surface area contributed by atoms with Gasteiger partial charge in [-0.25, -0.2) is 0 Å². The first kappa shape index (κ1) is 14.1. The zero-order valence-corrected chi connectivity index (χ0v) is 12.0. The lowest BCUT2D eigenvalue weighted by Crippen LogP contribution is -2.37. The second-order valence-corrected chi connectivity index (χ2v) is 5.45. The monoisotopic (exact) mass is 265 g/mol. The van der Waals surface area contributed by atoms with Crippen LogP contribution in [-0.2, 0) is 4.74 Å². The maximum Gasteiger partial charge on any atom is 0.274 e. The maximum atomic E-state index is 12.2. The molecule has 1 atom stereocenters. The number of carbonyl (C=O) groups is 1. The lowest BCUT2D eigenvalue weighted by molar-refractivity contribution is -0.000307. The van der Waals surface area contributed by atoms with Gasteiger partial charge in [-0.05, 0) is 39.2 Å². The van der Waals surface area contributed by atoms with Gasteiger partial charge in [-0.3, -0.25) is 9.48 Å². The minimum Gasteiger partial charge on any atom is -0.376 e. The van der Waals surface area contributed by atoms with Crippen LogP contribution < -0.4 is 0 Å². The van der Waals surface area contributed by atoms with Gasteiger partial charge in [-0.1, -0.05) is 0 Å². The summed E-state index contributed by atoms with van der Waals surface area (Å²) in [4.78, 5) is 14.0. The molecule has 5 heteroatoms. The highest BCUT2D eigenvalue weighted by molar-refractivity contribution is 5.92. The highest BCUT2D eigenvalue weighted by Crippen LogP contribution is 2.14. The molecule has 1 amide bonds. The largest absolute Gasteiger partial charge is 0.376 e. The molecule has 1 aromatic rings. The zero-order chi connectivity index (χ0) is 13.8. The van der Waals surface area contributed by atoms with Crippen LogP contribution in [0, 0.1) is 0 Å². The van der Waals surface area contributed by atoms with Crippen molar-refractivity contribution in [2.75, 3.05) is 20.2 Å². The molecule has 1 saturated heterocycles. The van der Waals surface area contributed by atoms with E-state index in [9.17, 15) is 4.79 Å². The third-order valence-electron chi connectivity index (χ3n) is 3.45. The van der Waals surface area contributed by atoms with E-state index in [0.29, 0.717) is 12.2 Å². The Morgan fingerprint density at radius 3 is 2.95 bits per heavy atom. The summed E-state index contributed by atoms with van der Waals surface area (Å²) in [5, 5.41) is 4.31. The summed E-state index contributed by atoms with van der Waals surface area (Å²) in [7, 11) is 1.81. The van der Waals surface area contributed by atoms with Gasteiger partial charge in [0.25, 0.3) is 5.91 Å². The van der Waals surface area contributed by atoms with Crippen LogP contribution in [0.2, 0.25) is 0 Å². The quantitative estimate of drug-likeness (QED) is 0.837. The fourth-order valence-corrected chi connectivity index (χ4v) is 2.28. The number of nitrogens with zero attached hydrogens (tertiary/aromatic N) is 3. The van der Waals surface area contributed by atoms with Gasteiger partial charge in [0.1, 0.15) is 5.69 Å². The van der Waals surface area contributed by atoms with Gasteiger partial charge < -0.3 is 9.64 Å². The minimum atomic E-state index is -0.0337. The second-order valence-electron chi connectivity index (χ2n) is 5.45. The summed E-state index contributed by atoms with van der Waals surface area (Å²) < 4.78 is 7.46. The standard InChI is InChI=1S/C14H23N3O2/c1-11(2)17-8-7-13(15-17)14(18)16(3)10-12-6-4-5-9-19-12/h7-8,11-12H,4-6,9-10H2,1-3H3/t12-/m0/s1. The van der Waals surface area contributed by atoms with Crippen molar-refractivity contribution in [1.29, 1.82) is 0 Å².